The van der Waals surface area contributed by atoms with Crippen LogP contribution in [0.5, 0.6) is 0 Å². The van der Waals surface area contributed by atoms with E-state index in [-0.39, 0.29) is 16.0 Å². The summed E-state index contributed by atoms with van der Waals surface area (Å²) in [6, 6.07) is 8.22. The maximum absolute atomic E-state index is 5.75. The molecule has 1 N–H and O–H groups in total. The number of benzene rings is 1. The Balaban J connectivity index is 2.16. The Morgan fingerprint density at radius 1 is 1.00 bits per heavy atom. The van der Waals surface area contributed by atoms with Crippen LogP contribution in [0.1, 0.15) is 39.2 Å². The largest absolute Gasteiger partial charge is 0.324 e. The number of halogens is 2. The van der Waals surface area contributed by atoms with E-state index in [0.29, 0.717) is 5.95 Å². The average Bonchev–Trinajstić information content (AvgIpc) is 2.38. The lowest BCUT2D eigenvalue weighted by molar-refractivity contribution is 0.473. The highest BCUT2D eigenvalue weighted by molar-refractivity contribution is 6.31. The second-order valence-corrected chi connectivity index (χ2v) is 6.21. The number of hydrogen-bond acceptors (Lipinski definition) is 4. The van der Waals surface area contributed by atoms with Crippen molar-refractivity contribution in [1.82, 2.24) is 15.0 Å². The maximum atomic E-state index is 5.75. The van der Waals surface area contributed by atoms with Crippen molar-refractivity contribution in [2.45, 2.75) is 39.0 Å². The fourth-order valence-electron chi connectivity index (χ4n) is 2.28. The molecule has 0 aliphatic heterocycles. The third-order valence-corrected chi connectivity index (χ3v) is 3.72. The lowest BCUT2D eigenvalue weighted by Crippen LogP contribution is -2.16. The molecular formula is C15H18Cl2N4. The minimum absolute atomic E-state index is 0.0678. The molecule has 1 aromatic carbocycles. The van der Waals surface area contributed by atoms with E-state index in [1.54, 1.807) is 0 Å². The van der Waals surface area contributed by atoms with Crippen molar-refractivity contribution in [3.8, 4) is 0 Å². The number of aromatic nitrogens is 3. The van der Waals surface area contributed by atoms with E-state index in [4.69, 9.17) is 23.2 Å². The molecule has 6 heteroatoms. The lowest BCUT2D eigenvalue weighted by atomic mass is 9.81. The molecule has 0 saturated heterocycles. The summed E-state index contributed by atoms with van der Waals surface area (Å²) < 4.78 is 0. The van der Waals surface area contributed by atoms with Gasteiger partial charge in [0, 0.05) is 5.69 Å². The third kappa shape index (κ3) is 4.29. The fourth-order valence-corrected chi connectivity index (χ4v) is 2.65. The first-order valence-electron chi connectivity index (χ1n) is 6.85. The molecule has 2 rings (SSSR count). The first-order chi connectivity index (χ1) is 9.90. The van der Waals surface area contributed by atoms with Gasteiger partial charge in [0.2, 0.25) is 16.5 Å². The summed E-state index contributed by atoms with van der Waals surface area (Å²) in [6.07, 6.45) is 2.31. The summed E-state index contributed by atoms with van der Waals surface area (Å²) in [5.41, 5.74) is 2.36. The van der Waals surface area contributed by atoms with Crippen LogP contribution in [0, 0.1) is 0 Å². The molecule has 0 radical (unpaired) electrons. The molecule has 112 valence electrons. The lowest BCUT2D eigenvalue weighted by Gasteiger charge is -2.24. The summed E-state index contributed by atoms with van der Waals surface area (Å²) >= 11 is 11.5. The van der Waals surface area contributed by atoms with Crippen molar-refractivity contribution >= 4 is 34.8 Å². The van der Waals surface area contributed by atoms with E-state index >= 15 is 0 Å². The molecule has 0 saturated carbocycles. The molecule has 0 amide bonds. The van der Waals surface area contributed by atoms with Gasteiger partial charge in [-0.25, -0.2) is 0 Å². The Kier molecular flexibility index (Phi) is 5.01. The van der Waals surface area contributed by atoms with Gasteiger partial charge >= 0.3 is 0 Å². The molecule has 0 bridgehead atoms. The standard InChI is InChI=1S/C15H18Cl2N4/c1-4-9-15(2,3)10-5-7-11(8-6-10)18-14-20-12(16)19-13(17)21-14/h5-8H,4,9H2,1-3H3,(H,18,19,20,21). The van der Waals surface area contributed by atoms with E-state index in [1.807, 2.05) is 12.1 Å². The van der Waals surface area contributed by atoms with Crippen molar-refractivity contribution in [2.75, 3.05) is 5.32 Å². The van der Waals surface area contributed by atoms with Crippen molar-refractivity contribution in [3.05, 3.63) is 40.4 Å². The summed E-state index contributed by atoms with van der Waals surface area (Å²) in [7, 11) is 0. The predicted molar refractivity (Wildman–Crippen MR) is 87.5 cm³/mol. The zero-order valence-electron chi connectivity index (χ0n) is 12.3. The Morgan fingerprint density at radius 2 is 1.57 bits per heavy atom. The van der Waals surface area contributed by atoms with Gasteiger partial charge < -0.3 is 5.32 Å². The van der Waals surface area contributed by atoms with Gasteiger partial charge in [0.1, 0.15) is 0 Å². The van der Waals surface area contributed by atoms with Crippen LogP contribution in [0.2, 0.25) is 10.6 Å². The quantitative estimate of drug-likeness (QED) is 0.840. The van der Waals surface area contributed by atoms with Crippen LogP contribution in [0.4, 0.5) is 11.6 Å². The molecule has 0 unspecified atom stereocenters. The maximum Gasteiger partial charge on any atom is 0.232 e. The van der Waals surface area contributed by atoms with E-state index in [0.717, 1.165) is 18.5 Å². The molecule has 21 heavy (non-hydrogen) atoms. The number of nitrogens with one attached hydrogen (secondary N) is 1. The van der Waals surface area contributed by atoms with Crippen LogP contribution < -0.4 is 5.32 Å². The van der Waals surface area contributed by atoms with Crippen LogP contribution in [0.25, 0.3) is 0 Å². The molecule has 1 aromatic heterocycles. The van der Waals surface area contributed by atoms with Gasteiger partial charge in [-0.05, 0) is 52.7 Å². The number of rotatable bonds is 5. The van der Waals surface area contributed by atoms with Gasteiger partial charge in [-0.2, -0.15) is 15.0 Å². The van der Waals surface area contributed by atoms with Crippen LogP contribution >= 0.6 is 23.2 Å². The summed E-state index contributed by atoms with van der Waals surface area (Å²) in [5, 5.41) is 3.20. The zero-order valence-corrected chi connectivity index (χ0v) is 13.8. The highest BCUT2D eigenvalue weighted by Gasteiger charge is 2.18. The molecule has 1 heterocycles. The summed E-state index contributed by atoms with van der Waals surface area (Å²) in [6.45, 7) is 6.71. The Hall–Kier alpha value is -1.39. The Labute approximate surface area is 134 Å². The number of nitrogens with zero attached hydrogens (tertiary/aromatic N) is 3. The second kappa shape index (κ2) is 6.58. The summed E-state index contributed by atoms with van der Waals surface area (Å²) in [4.78, 5) is 11.7. The minimum atomic E-state index is 0.0678. The third-order valence-electron chi connectivity index (χ3n) is 3.38. The normalized spacial score (nSPS) is 11.5. The number of anilines is 2. The molecule has 0 atom stereocenters. The van der Waals surface area contributed by atoms with E-state index in [9.17, 15) is 0 Å². The Bertz CT molecular complexity index is 591. The molecular weight excluding hydrogens is 307 g/mol. The van der Waals surface area contributed by atoms with Crippen LogP contribution in [0.15, 0.2) is 24.3 Å². The molecule has 0 aliphatic carbocycles. The van der Waals surface area contributed by atoms with Gasteiger partial charge in [0.05, 0.1) is 0 Å². The van der Waals surface area contributed by atoms with E-state index in [1.165, 1.54) is 5.56 Å². The first-order valence-corrected chi connectivity index (χ1v) is 7.61. The van der Waals surface area contributed by atoms with Crippen molar-refractivity contribution in [1.29, 1.82) is 0 Å². The van der Waals surface area contributed by atoms with Crippen molar-refractivity contribution < 1.29 is 0 Å². The molecule has 0 aliphatic rings. The van der Waals surface area contributed by atoms with Crippen molar-refractivity contribution in [3.63, 3.8) is 0 Å². The average molecular weight is 325 g/mol. The SMILES string of the molecule is CCCC(C)(C)c1ccc(Nc2nc(Cl)nc(Cl)n2)cc1. The highest BCUT2D eigenvalue weighted by Crippen LogP contribution is 2.29. The first kappa shape index (κ1) is 16.0. The van der Waals surface area contributed by atoms with Gasteiger partial charge in [0.15, 0.2) is 0 Å². The Morgan fingerprint density at radius 3 is 2.10 bits per heavy atom. The monoisotopic (exact) mass is 324 g/mol. The van der Waals surface area contributed by atoms with Gasteiger partial charge in [-0.3, -0.25) is 0 Å². The van der Waals surface area contributed by atoms with Gasteiger partial charge in [0.25, 0.3) is 0 Å². The minimum Gasteiger partial charge on any atom is -0.324 e. The molecule has 0 spiro atoms. The van der Waals surface area contributed by atoms with Crippen LogP contribution in [-0.4, -0.2) is 15.0 Å². The zero-order chi connectivity index (χ0) is 15.5. The molecule has 4 nitrogen and oxygen atoms in total. The van der Waals surface area contributed by atoms with Crippen LogP contribution in [-0.2, 0) is 5.41 Å². The highest BCUT2D eigenvalue weighted by atomic mass is 35.5. The predicted octanol–water partition coefficient (Wildman–Crippen LogP) is 5.00. The van der Waals surface area contributed by atoms with E-state index in [2.05, 4.69) is 53.2 Å². The topological polar surface area (TPSA) is 50.7 Å². The van der Waals surface area contributed by atoms with Gasteiger partial charge in [-0.1, -0.05) is 39.3 Å². The van der Waals surface area contributed by atoms with Crippen LogP contribution in [0.3, 0.4) is 0 Å². The summed E-state index contributed by atoms with van der Waals surface area (Å²) in [5.74, 6) is 0.334. The number of hydrogen-bond donors (Lipinski definition) is 1. The second-order valence-electron chi connectivity index (χ2n) is 5.53. The van der Waals surface area contributed by atoms with Crippen molar-refractivity contribution in [2.24, 2.45) is 0 Å². The van der Waals surface area contributed by atoms with E-state index < -0.39 is 0 Å². The smallest absolute Gasteiger partial charge is 0.232 e. The fraction of sp³-hybridized carbons (Fsp3) is 0.400. The molecule has 2 aromatic rings. The molecule has 0 fully saturated rings. The van der Waals surface area contributed by atoms with Gasteiger partial charge in [-0.15, -0.1) is 0 Å².